The van der Waals surface area contributed by atoms with Gasteiger partial charge < -0.3 is 14.9 Å². The van der Waals surface area contributed by atoms with E-state index in [0.717, 1.165) is 24.0 Å². The molecule has 0 spiro atoms. The Balaban J connectivity index is 2.22. The zero-order valence-electron chi connectivity index (χ0n) is 11.6. The van der Waals surface area contributed by atoms with E-state index >= 15 is 0 Å². The Labute approximate surface area is 113 Å². The molecular formula is C15H22O4. The lowest BCUT2D eigenvalue weighted by atomic mass is 9.73. The Morgan fingerprint density at radius 3 is 2.84 bits per heavy atom. The highest BCUT2D eigenvalue weighted by Crippen LogP contribution is 2.43. The minimum atomic E-state index is -0.689. The summed E-state index contributed by atoms with van der Waals surface area (Å²) < 4.78 is 5.25. The van der Waals surface area contributed by atoms with E-state index in [1.165, 1.54) is 0 Å². The van der Waals surface area contributed by atoms with Gasteiger partial charge in [0, 0.05) is 18.6 Å². The predicted octanol–water partition coefficient (Wildman–Crippen LogP) is 1.57. The molecule has 1 aliphatic carbocycles. The molecule has 4 atom stereocenters. The molecule has 2 aliphatic rings. The van der Waals surface area contributed by atoms with Gasteiger partial charge in [-0.05, 0) is 31.3 Å². The van der Waals surface area contributed by atoms with Crippen molar-refractivity contribution in [3.8, 4) is 0 Å². The summed E-state index contributed by atoms with van der Waals surface area (Å²) in [6.45, 7) is 7.95. The van der Waals surface area contributed by atoms with Crippen LogP contribution in [0.15, 0.2) is 23.3 Å². The van der Waals surface area contributed by atoms with Crippen molar-refractivity contribution >= 4 is 5.97 Å². The number of carbonyl (C=O) groups is 1. The highest BCUT2D eigenvalue weighted by Gasteiger charge is 2.47. The lowest BCUT2D eigenvalue weighted by Crippen LogP contribution is -2.37. The molecule has 1 heterocycles. The van der Waals surface area contributed by atoms with Crippen LogP contribution >= 0.6 is 0 Å². The van der Waals surface area contributed by atoms with Crippen molar-refractivity contribution in [1.82, 2.24) is 0 Å². The highest BCUT2D eigenvalue weighted by molar-refractivity contribution is 5.91. The second-order valence-electron chi connectivity index (χ2n) is 5.65. The molecule has 1 saturated heterocycles. The summed E-state index contributed by atoms with van der Waals surface area (Å²) in [5, 5.41) is 19.5. The molecule has 2 N–H and O–H groups in total. The fraction of sp³-hybridized carbons (Fsp3) is 0.667. The first-order chi connectivity index (χ1) is 8.97. The van der Waals surface area contributed by atoms with Crippen LogP contribution in [0.5, 0.6) is 0 Å². The van der Waals surface area contributed by atoms with Crippen molar-refractivity contribution in [1.29, 1.82) is 0 Å². The monoisotopic (exact) mass is 266 g/mol. The van der Waals surface area contributed by atoms with Crippen molar-refractivity contribution in [3.63, 3.8) is 0 Å². The van der Waals surface area contributed by atoms with Crippen molar-refractivity contribution in [3.05, 3.63) is 23.3 Å². The van der Waals surface area contributed by atoms with Crippen molar-refractivity contribution in [2.75, 3.05) is 6.61 Å². The van der Waals surface area contributed by atoms with Crippen LogP contribution in [0.1, 0.15) is 33.1 Å². The number of aliphatic hydroxyl groups excluding tert-OH is 2. The molecule has 2 rings (SSSR count). The number of rotatable bonds is 4. The average molecular weight is 266 g/mol. The molecule has 0 bridgehead atoms. The Morgan fingerprint density at radius 2 is 2.21 bits per heavy atom. The molecule has 19 heavy (non-hydrogen) atoms. The second kappa shape index (κ2) is 5.47. The summed E-state index contributed by atoms with van der Waals surface area (Å²) >= 11 is 0. The van der Waals surface area contributed by atoms with Crippen molar-refractivity contribution in [2.45, 2.75) is 45.3 Å². The summed E-state index contributed by atoms with van der Waals surface area (Å²) in [7, 11) is 0. The zero-order valence-corrected chi connectivity index (χ0v) is 11.6. The lowest BCUT2D eigenvalue weighted by Gasteiger charge is -2.35. The smallest absolute Gasteiger partial charge is 0.334 e. The molecule has 0 aromatic rings. The number of aliphatic hydroxyl groups is 2. The van der Waals surface area contributed by atoms with Gasteiger partial charge in [-0.3, -0.25) is 0 Å². The van der Waals surface area contributed by atoms with Crippen LogP contribution in [0.25, 0.3) is 0 Å². The standard InChI is InChI=1S/C15H22O4/c1-8(5-4-6-16)12-9(2)7-11-13(14(12)17)10(3)15(18)19-11/h8,11,13-14,16-17H,3-7H2,1-2H3. The zero-order chi connectivity index (χ0) is 14.2. The number of hydrogen-bond acceptors (Lipinski definition) is 4. The van der Waals surface area contributed by atoms with Gasteiger partial charge in [-0.25, -0.2) is 4.79 Å². The number of fused-ring (bicyclic) bond motifs is 1. The van der Waals surface area contributed by atoms with E-state index in [-0.39, 0.29) is 30.5 Å². The number of esters is 1. The quantitative estimate of drug-likeness (QED) is 0.460. The average Bonchev–Trinajstić information content (AvgIpc) is 2.62. The summed E-state index contributed by atoms with van der Waals surface area (Å²) in [5.74, 6) is -0.486. The van der Waals surface area contributed by atoms with Gasteiger partial charge in [-0.2, -0.15) is 0 Å². The number of ether oxygens (including phenoxy) is 1. The first kappa shape index (κ1) is 14.3. The van der Waals surface area contributed by atoms with Gasteiger partial charge in [0.05, 0.1) is 12.0 Å². The van der Waals surface area contributed by atoms with Crippen LogP contribution in [0.2, 0.25) is 0 Å². The van der Waals surface area contributed by atoms with Crippen molar-refractivity contribution in [2.24, 2.45) is 11.8 Å². The minimum Gasteiger partial charge on any atom is -0.458 e. The maximum absolute atomic E-state index is 11.6. The Bertz CT molecular complexity index is 424. The van der Waals surface area contributed by atoms with Gasteiger partial charge in [0.2, 0.25) is 0 Å². The number of hydrogen-bond donors (Lipinski definition) is 2. The minimum absolute atomic E-state index is 0.160. The van der Waals surface area contributed by atoms with Crippen LogP contribution in [0.3, 0.4) is 0 Å². The van der Waals surface area contributed by atoms with Gasteiger partial charge >= 0.3 is 5.97 Å². The molecule has 1 fully saturated rings. The molecule has 0 aromatic heterocycles. The molecule has 4 heteroatoms. The maximum atomic E-state index is 11.6. The van der Waals surface area contributed by atoms with E-state index in [2.05, 4.69) is 13.5 Å². The SMILES string of the molecule is C=C1C(=O)OC2CC(C)=C(C(C)CCCO)C(O)C12. The maximum Gasteiger partial charge on any atom is 0.334 e. The fourth-order valence-electron chi connectivity index (χ4n) is 3.34. The predicted molar refractivity (Wildman–Crippen MR) is 71.3 cm³/mol. The van der Waals surface area contributed by atoms with Crippen LogP contribution < -0.4 is 0 Å². The fourth-order valence-corrected chi connectivity index (χ4v) is 3.34. The van der Waals surface area contributed by atoms with E-state index < -0.39 is 6.10 Å². The summed E-state index contributed by atoms with van der Waals surface area (Å²) in [4.78, 5) is 11.6. The van der Waals surface area contributed by atoms with E-state index in [1.54, 1.807) is 0 Å². The van der Waals surface area contributed by atoms with Gasteiger partial charge in [-0.1, -0.05) is 19.1 Å². The largest absolute Gasteiger partial charge is 0.458 e. The Kier molecular flexibility index (Phi) is 4.11. The van der Waals surface area contributed by atoms with E-state index in [1.807, 2.05) is 6.92 Å². The summed E-state index contributed by atoms with van der Waals surface area (Å²) in [6, 6.07) is 0. The molecule has 0 amide bonds. The Morgan fingerprint density at radius 1 is 1.53 bits per heavy atom. The molecule has 4 unspecified atom stereocenters. The summed E-state index contributed by atoms with van der Waals surface area (Å²) in [5.41, 5.74) is 2.48. The summed E-state index contributed by atoms with van der Waals surface area (Å²) in [6.07, 6.45) is 1.27. The first-order valence-corrected chi connectivity index (χ1v) is 6.85. The third-order valence-electron chi connectivity index (χ3n) is 4.31. The van der Waals surface area contributed by atoms with E-state index in [0.29, 0.717) is 12.0 Å². The van der Waals surface area contributed by atoms with Gasteiger partial charge in [0.15, 0.2) is 0 Å². The van der Waals surface area contributed by atoms with Gasteiger partial charge in [0.1, 0.15) is 6.10 Å². The third kappa shape index (κ3) is 2.47. The van der Waals surface area contributed by atoms with Gasteiger partial charge in [0.25, 0.3) is 0 Å². The van der Waals surface area contributed by atoms with Crippen LogP contribution in [-0.2, 0) is 9.53 Å². The van der Waals surface area contributed by atoms with Crippen molar-refractivity contribution < 1.29 is 19.7 Å². The first-order valence-electron chi connectivity index (χ1n) is 6.85. The lowest BCUT2D eigenvalue weighted by molar-refractivity contribution is -0.139. The molecule has 0 aromatic carbocycles. The third-order valence-corrected chi connectivity index (χ3v) is 4.31. The molecule has 4 nitrogen and oxygen atoms in total. The molecule has 0 radical (unpaired) electrons. The number of carbonyl (C=O) groups excluding carboxylic acids is 1. The normalized spacial score (nSPS) is 32.3. The Hall–Kier alpha value is -1.13. The molecular weight excluding hydrogens is 244 g/mol. The highest BCUT2D eigenvalue weighted by atomic mass is 16.6. The molecule has 0 saturated carbocycles. The second-order valence-corrected chi connectivity index (χ2v) is 5.65. The van der Waals surface area contributed by atoms with E-state index in [4.69, 9.17) is 9.84 Å². The topological polar surface area (TPSA) is 66.8 Å². The van der Waals surface area contributed by atoms with E-state index in [9.17, 15) is 9.90 Å². The van der Waals surface area contributed by atoms with Crippen LogP contribution in [0, 0.1) is 11.8 Å². The molecule has 106 valence electrons. The van der Waals surface area contributed by atoms with Gasteiger partial charge in [-0.15, -0.1) is 0 Å². The van der Waals surface area contributed by atoms with Crippen LogP contribution in [0.4, 0.5) is 0 Å². The van der Waals surface area contributed by atoms with Crippen LogP contribution in [-0.4, -0.2) is 35.0 Å². The molecule has 1 aliphatic heterocycles.